The molecule has 3 heteroatoms. The van der Waals surface area contributed by atoms with Gasteiger partial charge in [0.25, 0.3) is 0 Å². The van der Waals surface area contributed by atoms with Gasteiger partial charge in [-0.25, -0.2) is 15.0 Å². The van der Waals surface area contributed by atoms with E-state index in [1.807, 2.05) is 30.3 Å². The third-order valence-electron chi connectivity index (χ3n) is 12.6. The van der Waals surface area contributed by atoms with E-state index in [0.717, 1.165) is 38.9 Å². The van der Waals surface area contributed by atoms with Crippen molar-refractivity contribution in [2.24, 2.45) is 0 Å². The van der Waals surface area contributed by atoms with Gasteiger partial charge in [0, 0.05) is 16.7 Å². The van der Waals surface area contributed by atoms with Crippen LogP contribution in [0.2, 0.25) is 0 Å². The topological polar surface area (TPSA) is 38.7 Å². The van der Waals surface area contributed by atoms with Crippen LogP contribution >= 0.6 is 0 Å². The normalized spacial score (nSPS) is 12.7. The number of nitrogens with zero attached hydrogens (tertiary/aromatic N) is 3. The molecule has 3 nitrogen and oxygen atoms in total. The molecule has 284 valence electrons. The predicted molar refractivity (Wildman–Crippen MR) is 249 cm³/mol. The van der Waals surface area contributed by atoms with E-state index in [4.69, 9.17) is 15.0 Å². The highest BCUT2D eigenvalue weighted by Gasteiger charge is 2.51. The smallest absolute Gasteiger partial charge is 0.164 e. The molecule has 0 unspecified atom stereocenters. The summed E-state index contributed by atoms with van der Waals surface area (Å²) in [4.78, 5) is 15.4. The van der Waals surface area contributed by atoms with Gasteiger partial charge in [0.2, 0.25) is 0 Å². The minimum absolute atomic E-state index is 0.384. The van der Waals surface area contributed by atoms with Gasteiger partial charge in [0.15, 0.2) is 17.5 Å². The fraction of sp³-hybridized carbons (Fsp3) is 0.0172. The molecule has 2 aliphatic rings. The summed E-state index contributed by atoms with van der Waals surface area (Å²) < 4.78 is 0. The summed E-state index contributed by atoms with van der Waals surface area (Å²) in [5, 5.41) is 0. The maximum atomic E-state index is 5.19. The average molecular weight is 776 g/mol. The molecule has 0 atom stereocenters. The van der Waals surface area contributed by atoms with E-state index in [1.54, 1.807) is 0 Å². The van der Waals surface area contributed by atoms with E-state index in [2.05, 4.69) is 194 Å². The van der Waals surface area contributed by atoms with E-state index in [1.165, 1.54) is 55.6 Å². The third kappa shape index (κ3) is 5.48. The molecule has 61 heavy (non-hydrogen) atoms. The molecule has 0 bridgehead atoms. The summed E-state index contributed by atoms with van der Waals surface area (Å²) in [6.45, 7) is 0. The van der Waals surface area contributed by atoms with Gasteiger partial charge >= 0.3 is 0 Å². The lowest BCUT2D eigenvalue weighted by Crippen LogP contribution is -2.25. The molecule has 0 saturated carbocycles. The monoisotopic (exact) mass is 775 g/mol. The second-order valence-electron chi connectivity index (χ2n) is 15.9. The van der Waals surface area contributed by atoms with Crippen molar-refractivity contribution in [1.29, 1.82) is 0 Å². The molecule has 0 N–H and O–H groups in total. The largest absolute Gasteiger partial charge is 0.208 e. The summed E-state index contributed by atoms with van der Waals surface area (Å²) in [5.74, 6) is 1.91. The van der Waals surface area contributed by atoms with Crippen molar-refractivity contribution < 1.29 is 0 Å². The molecular formula is C58H37N3. The van der Waals surface area contributed by atoms with Crippen molar-refractivity contribution in [2.75, 3.05) is 0 Å². The molecule has 0 fully saturated rings. The summed E-state index contributed by atoms with van der Waals surface area (Å²) in [5.41, 5.74) is 19.9. The highest BCUT2D eigenvalue weighted by molar-refractivity contribution is 6.00. The van der Waals surface area contributed by atoms with Crippen LogP contribution in [0.15, 0.2) is 224 Å². The number of fused-ring (bicyclic) bond motifs is 10. The summed E-state index contributed by atoms with van der Waals surface area (Å²) in [6.07, 6.45) is 0. The molecule has 9 aromatic carbocycles. The lowest BCUT2D eigenvalue weighted by molar-refractivity contribution is 0.794. The van der Waals surface area contributed by atoms with E-state index in [-0.39, 0.29) is 5.41 Å². The highest BCUT2D eigenvalue weighted by atomic mass is 15.0. The standard InChI is InChI=1S/C58H37N3/c1-3-18-38(19-4-1)44-26-7-8-29-48(44)57-60-55(39-20-5-2-6-21-39)59-56(61-57)43-25-16-23-41(37-43)40-22-15-24-42(36-40)45-31-17-35-53-54(45)49-30-11-14-34-52(49)58(53)50-32-12-9-27-46(50)47-28-10-13-33-51(47)58/h1-37H. The first kappa shape index (κ1) is 35.0. The van der Waals surface area contributed by atoms with Crippen molar-refractivity contribution in [3.05, 3.63) is 247 Å². The van der Waals surface area contributed by atoms with Gasteiger partial charge in [-0.3, -0.25) is 0 Å². The van der Waals surface area contributed by atoms with Crippen LogP contribution in [-0.2, 0) is 5.41 Å². The average Bonchev–Trinajstić information content (AvgIpc) is 3.82. The van der Waals surface area contributed by atoms with Crippen molar-refractivity contribution in [3.8, 4) is 89.8 Å². The maximum absolute atomic E-state index is 5.19. The zero-order chi connectivity index (χ0) is 40.3. The molecule has 12 rings (SSSR count). The Morgan fingerprint density at radius 3 is 1.28 bits per heavy atom. The lowest BCUT2D eigenvalue weighted by Gasteiger charge is -2.30. The molecule has 0 radical (unpaired) electrons. The van der Waals surface area contributed by atoms with Gasteiger partial charge in [-0.15, -0.1) is 0 Å². The summed E-state index contributed by atoms with van der Waals surface area (Å²) >= 11 is 0. The Morgan fingerprint density at radius 2 is 0.623 bits per heavy atom. The highest BCUT2D eigenvalue weighted by Crippen LogP contribution is 2.64. The van der Waals surface area contributed by atoms with E-state index in [0.29, 0.717) is 17.5 Å². The Kier molecular flexibility index (Phi) is 8.07. The van der Waals surface area contributed by atoms with Crippen LogP contribution in [0.25, 0.3) is 89.8 Å². The van der Waals surface area contributed by atoms with Crippen LogP contribution in [0, 0.1) is 0 Å². The second kappa shape index (κ2) is 14.1. The maximum Gasteiger partial charge on any atom is 0.164 e. The number of rotatable bonds is 6. The summed E-state index contributed by atoms with van der Waals surface area (Å²) in [7, 11) is 0. The Balaban J connectivity index is 0.987. The number of hydrogen-bond donors (Lipinski definition) is 0. The molecule has 0 saturated heterocycles. The van der Waals surface area contributed by atoms with Crippen molar-refractivity contribution in [1.82, 2.24) is 15.0 Å². The molecule has 1 heterocycles. The van der Waals surface area contributed by atoms with Gasteiger partial charge in [0.1, 0.15) is 0 Å². The Morgan fingerprint density at radius 1 is 0.230 bits per heavy atom. The molecular weight excluding hydrogens is 739 g/mol. The molecule has 1 spiro atoms. The lowest BCUT2D eigenvalue weighted by atomic mass is 9.70. The Labute approximate surface area is 355 Å². The number of aromatic nitrogens is 3. The van der Waals surface area contributed by atoms with Gasteiger partial charge in [-0.2, -0.15) is 0 Å². The minimum Gasteiger partial charge on any atom is -0.208 e. The van der Waals surface area contributed by atoms with Crippen LogP contribution in [0.1, 0.15) is 22.3 Å². The predicted octanol–water partition coefficient (Wildman–Crippen LogP) is 14.2. The summed E-state index contributed by atoms with van der Waals surface area (Å²) in [6, 6.07) is 80.4. The number of hydrogen-bond acceptors (Lipinski definition) is 3. The minimum atomic E-state index is -0.384. The van der Waals surface area contributed by atoms with Gasteiger partial charge in [-0.1, -0.05) is 212 Å². The number of benzene rings is 9. The molecule has 2 aliphatic carbocycles. The van der Waals surface area contributed by atoms with Crippen molar-refractivity contribution in [2.45, 2.75) is 5.41 Å². The third-order valence-corrected chi connectivity index (χ3v) is 12.6. The first-order chi connectivity index (χ1) is 30.3. The SMILES string of the molecule is c1ccc(-c2nc(-c3cccc(-c4cccc(-c5cccc6c5-c5ccccc5C65c6ccccc6-c6ccccc65)c4)c3)nc(-c3ccccc3-c3ccccc3)n2)cc1. The van der Waals surface area contributed by atoms with E-state index in [9.17, 15) is 0 Å². The zero-order valence-corrected chi connectivity index (χ0v) is 33.2. The second-order valence-corrected chi connectivity index (χ2v) is 15.9. The van der Waals surface area contributed by atoms with E-state index >= 15 is 0 Å². The first-order valence-electron chi connectivity index (χ1n) is 20.9. The molecule has 0 amide bonds. The molecule has 10 aromatic rings. The Bertz CT molecular complexity index is 3270. The quantitative estimate of drug-likeness (QED) is 0.169. The van der Waals surface area contributed by atoms with Crippen LogP contribution < -0.4 is 0 Å². The molecule has 0 aliphatic heterocycles. The van der Waals surface area contributed by atoms with Crippen LogP contribution in [0.5, 0.6) is 0 Å². The van der Waals surface area contributed by atoms with Crippen molar-refractivity contribution >= 4 is 0 Å². The Hall–Kier alpha value is -8.01. The zero-order valence-electron chi connectivity index (χ0n) is 33.2. The van der Waals surface area contributed by atoms with Crippen molar-refractivity contribution in [3.63, 3.8) is 0 Å². The first-order valence-corrected chi connectivity index (χ1v) is 20.9. The fourth-order valence-corrected chi connectivity index (χ4v) is 9.98. The molecule has 1 aromatic heterocycles. The van der Waals surface area contributed by atoms with Crippen LogP contribution in [-0.4, -0.2) is 15.0 Å². The van der Waals surface area contributed by atoms with Gasteiger partial charge in [-0.05, 0) is 90.0 Å². The van der Waals surface area contributed by atoms with Gasteiger partial charge < -0.3 is 0 Å². The van der Waals surface area contributed by atoms with E-state index < -0.39 is 0 Å². The fourth-order valence-electron chi connectivity index (χ4n) is 9.98. The van der Waals surface area contributed by atoms with Crippen LogP contribution in [0.4, 0.5) is 0 Å². The van der Waals surface area contributed by atoms with Crippen LogP contribution in [0.3, 0.4) is 0 Å². The van der Waals surface area contributed by atoms with Gasteiger partial charge in [0.05, 0.1) is 5.41 Å².